The van der Waals surface area contributed by atoms with Crippen molar-refractivity contribution in [2.45, 2.75) is 31.9 Å². The number of carbonyl (C=O) groups excluding carboxylic acids is 1. The number of nitrogens with zero attached hydrogens (tertiary/aromatic N) is 4. The van der Waals surface area contributed by atoms with Gasteiger partial charge >= 0.3 is 0 Å². The number of likely N-dealkylation sites (N-methyl/N-ethyl adjacent to an activating group) is 1. The predicted molar refractivity (Wildman–Crippen MR) is 94.0 cm³/mol. The SMILES string of the molecule is CN(C)C(=O)COCC12CCCOC1CCN(Cc1cnn(C)c1)C2. The van der Waals surface area contributed by atoms with E-state index in [1.165, 1.54) is 5.56 Å². The number of rotatable bonds is 6. The highest BCUT2D eigenvalue weighted by Crippen LogP contribution is 2.40. The molecule has 1 amide bonds. The van der Waals surface area contributed by atoms with Gasteiger partial charge in [0.15, 0.2) is 0 Å². The standard InChI is InChI=1S/C18H30N4O3/c1-20(2)17(23)12-24-14-18-6-4-8-25-16(18)5-7-22(13-18)11-15-9-19-21(3)10-15/h9-10,16H,4-8,11-14H2,1-3H3. The Morgan fingerprint density at radius 2 is 2.36 bits per heavy atom. The van der Waals surface area contributed by atoms with Crippen molar-refractivity contribution in [1.29, 1.82) is 0 Å². The fourth-order valence-corrected chi connectivity index (χ4v) is 4.01. The number of aromatic nitrogens is 2. The third-order valence-electron chi connectivity index (χ3n) is 5.35. The van der Waals surface area contributed by atoms with E-state index in [9.17, 15) is 4.79 Å². The summed E-state index contributed by atoms with van der Waals surface area (Å²) >= 11 is 0. The Bertz CT molecular complexity index is 589. The van der Waals surface area contributed by atoms with Crippen molar-refractivity contribution in [3.8, 4) is 0 Å². The molecule has 2 unspecified atom stereocenters. The van der Waals surface area contributed by atoms with Gasteiger partial charge in [0.2, 0.25) is 5.91 Å². The van der Waals surface area contributed by atoms with Crippen molar-refractivity contribution in [3.05, 3.63) is 18.0 Å². The lowest BCUT2D eigenvalue weighted by molar-refractivity contribution is -0.160. The van der Waals surface area contributed by atoms with Gasteiger partial charge in [-0.1, -0.05) is 0 Å². The number of hydrogen-bond acceptors (Lipinski definition) is 5. The molecule has 140 valence electrons. The van der Waals surface area contributed by atoms with Crippen molar-refractivity contribution in [3.63, 3.8) is 0 Å². The second kappa shape index (κ2) is 7.85. The largest absolute Gasteiger partial charge is 0.377 e. The van der Waals surface area contributed by atoms with Crippen LogP contribution in [0.5, 0.6) is 0 Å². The first kappa shape index (κ1) is 18.4. The first-order valence-electron chi connectivity index (χ1n) is 9.08. The maximum absolute atomic E-state index is 11.8. The van der Waals surface area contributed by atoms with Crippen molar-refractivity contribution >= 4 is 5.91 Å². The number of fused-ring (bicyclic) bond motifs is 1. The lowest BCUT2D eigenvalue weighted by Gasteiger charge is -2.50. The van der Waals surface area contributed by atoms with Crippen molar-refractivity contribution < 1.29 is 14.3 Å². The van der Waals surface area contributed by atoms with Crippen LogP contribution >= 0.6 is 0 Å². The zero-order valence-electron chi connectivity index (χ0n) is 15.6. The Balaban J connectivity index is 1.62. The Morgan fingerprint density at radius 1 is 1.52 bits per heavy atom. The smallest absolute Gasteiger partial charge is 0.248 e. The number of hydrogen-bond donors (Lipinski definition) is 0. The van der Waals surface area contributed by atoms with Crippen LogP contribution in [0.2, 0.25) is 0 Å². The molecular weight excluding hydrogens is 320 g/mol. The van der Waals surface area contributed by atoms with Gasteiger partial charge in [-0.05, 0) is 19.3 Å². The van der Waals surface area contributed by atoms with E-state index >= 15 is 0 Å². The zero-order valence-corrected chi connectivity index (χ0v) is 15.6. The Morgan fingerprint density at radius 3 is 3.08 bits per heavy atom. The molecule has 2 fully saturated rings. The monoisotopic (exact) mass is 350 g/mol. The van der Waals surface area contributed by atoms with E-state index in [0.717, 1.165) is 45.5 Å². The molecule has 0 radical (unpaired) electrons. The van der Waals surface area contributed by atoms with Gasteiger partial charge in [0, 0.05) is 64.6 Å². The molecule has 3 heterocycles. The minimum atomic E-state index is -0.00863. The molecule has 2 atom stereocenters. The number of ether oxygens (including phenoxy) is 2. The van der Waals surface area contributed by atoms with Crippen molar-refractivity contribution in [2.75, 3.05) is 47.0 Å². The fourth-order valence-electron chi connectivity index (χ4n) is 4.01. The minimum absolute atomic E-state index is 0.00713. The third kappa shape index (κ3) is 4.40. The van der Waals surface area contributed by atoms with Gasteiger partial charge in [-0.25, -0.2) is 0 Å². The molecule has 2 aliphatic heterocycles. The van der Waals surface area contributed by atoms with Crippen LogP contribution < -0.4 is 0 Å². The van der Waals surface area contributed by atoms with Gasteiger partial charge < -0.3 is 14.4 Å². The van der Waals surface area contributed by atoms with E-state index in [-0.39, 0.29) is 24.0 Å². The van der Waals surface area contributed by atoms with E-state index in [2.05, 4.69) is 16.2 Å². The van der Waals surface area contributed by atoms with Gasteiger partial charge in [-0.15, -0.1) is 0 Å². The molecule has 0 aromatic carbocycles. The normalized spacial score (nSPS) is 27.1. The number of carbonyl (C=O) groups is 1. The van der Waals surface area contributed by atoms with Crippen LogP contribution in [-0.4, -0.2) is 78.6 Å². The molecule has 1 aromatic heterocycles. The molecule has 2 saturated heterocycles. The first-order valence-corrected chi connectivity index (χ1v) is 9.08. The van der Waals surface area contributed by atoms with Crippen LogP contribution in [-0.2, 0) is 27.9 Å². The highest BCUT2D eigenvalue weighted by Gasteiger charge is 2.46. The summed E-state index contributed by atoms with van der Waals surface area (Å²) in [6, 6.07) is 0. The van der Waals surface area contributed by atoms with Gasteiger partial charge in [0.25, 0.3) is 0 Å². The number of likely N-dealkylation sites (tertiary alicyclic amines) is 1. The second-order valence-corrected chi connectivity index (χ2v) is 7.63. The molecule has 0 bridgehead atoms. The summed E-state index contributed by atoms with van der Waals surface area (Å²) in [5.74, 6) is 0.00713. The van der Waals surface area contributed by atoms with Crippen LogP contribution in [0.25, 0.3) is 0 Å². The van der Waals surface area contributed by atoms with Gasteiger partial charge in [-0.2, -0.15) is 5.10 Å². The van der Waals surface area contributed by atoms with Gasteiger partial charge in [-0.3, -0.25) is 14.4 Å². The van der Waals surface area contributed by atoms with Gasteiger partial charge in [0.05, 0.1) is 18.9 Å². The maximum atomic E-state index is 11.8. The predicted octanol–water partition coefficient (Wildman–Crippen LogP) is 0.896. The summed E-state index contributed by atoms with van der Waals surface area (Å²) in [6.45, 7) is 4.44. The van der Waals surface area contributed by atoms with Crippen LogP contribution in [0.1, 0.15) is 24.8 Å². The number of aryl methyl sites for hydroxylation is 1. The molecule has 0 spiro atoms. The first-order chi connectivity index (χ1) is 12.0. The van der Waals surface area contributed by atoms with E-state index in [0.29, 0.717) is 6.61 Å². The zero-order chi connectivity index (χ0) is 17.9. The van der Waals surface area contributed by atoms with Gasteiger partial charge in [0.1, 0.15) is 6.61 Å². The lowest BCUT2D eigenvalue weighted by Crippen LogP contribution is -2.56. The minimum Gasteiger partial charge on any atom is -0.377 e. The summed E-state index contributed by atoms with van der Waals surface area (Å²) in [6.07, 6.45) is 7.41. The summed E-state index contributed by atoms with van der Waals surface area (Å²) in [5.41, 5.74) is 1.22. The number of piperidine rings is 1. The molecule has 0 aliphatic carbocycles. The second-order valence-electron chi connectivity index (χ2n) is 7.63. The van der Waals surface area contributed by atoms with Crippen molar-refractivity contribution in [2.24, 2.45) is 12.5 Å². The quantitative estimate of drug-likeness (QED) is 0.763. The summed E-state index contributed by atoms with van der Waals surface area (Å²) in [4.78, 5) is 15.8. The highest BCUT2D eigenvalue weighted by atomic mass is 16.5. The molecule has 3 rings (SSSR count). The van der Waals surface area contributed by atoms with E-state index in [4.69, 9.17) is 9.47 Å². The molecule has 7 nitrogen and oxygen atoms in total. The average molecular weight is 350 g/mol. The molecule has 0 N–H and O–H groups in total. The van der Waals surface area contributed by atoms with E-state index in [1.807, 2.05) is 17.9 Å². The molecule has 1 aromatic rings. The summed E-state index contributed by atoms with van der Waals surface area (Å²) in [5, 5.41) is 4.26. The Kier molecular flexibility index (Phi) is 5.76. The lowest BCUT2D eigenvalue weighted by atomic mass is 9.73. The molecule has 25 heavy (non-hydrogen) atoms. The van der Waals surface area contributed by atoms with Crippen LogP contribution in [0, 0.1) is 5.41 Å². The Labute approximate surface area is 149 Å². The maximum Gasteiger partial charge on any atom is 0.248 e. The van der Waals surface area contributed by atoms with Crippen LogP contribution in [0.3, 0.4) is 0 Å². The fraction of sp³-hybridized carbons (Fsp3) is 0.778. The molecular formula is C18H30N4O3. The average Bonchev–Trinajstić information content (AvgIpc) is 2.99. The van der Waals surface area contributed by atoms with Crippen molar-refractivity contribution in [1.82, 2.24) is 19.6 Å². The molecule has 0 saturated carbocycles. The van der Waals surface area contributed by atoms with E-state index < -0.39 is 0 Å². The summed E-state index contributed by atoms with van der Waals surface area (Å²) < 4.78 is 13.8. The van der Waals surface area contributed by atoms with Crippen LogP contribution in [0.15, 0.2) is 12.4 Å². The van der Waals surface area contributed by atoms with E-state index in [1.54, 1.807) is 19.0 Å². The molecule has 7 heteroatoms. The third-order valence-corrected chi connectivity index (χ3v) is 5.35. The summed E-state index contributed by atoms with van der Waals surface area (Å²) in [7, 11) is 5.46. The Hall–Kier alpha value is -1.44. The highest BCUT2D eigenvalue weighted by molar-refractivity contribution is 5.76. The number of amides is 1. The van der Waals surface area contributed by atoms with Crippen LogP contribution in [0.4, 0.5) is 0 Å². The molecule has 2 aliphatic rings. The topological polar surface area (TPSA) is 59.8 Å².